The van der Waals surface area contributed by atoms with Gasteiger partial charge in [-0.3, -0.25) is 4.79 Å². The van der Waals surface area contributed by atoms with Crippen molar-refractivity contribution in [3.63, 3.8) is 0 Å². The van der Waals surface area contributed by atoms with E-state index in [1.54, 1.807) is 26.1 Å². The zero-order chi connectivity index (χ0) is 23.5. The van der Waals surface area contributed by atoms with E-state index in [1.807, 2.05) is 13.8 Å². The first kappa shape index (κ1) is 24.2. The van der Waals surface area contributed by atoms with Crippen LogP contribution < -0.4 is 10.6 Å². The predicted molar refractivity (Wildman–Crippen MR) is 126 cm³/mol. The van der Waals surface area contributed by atoms with E-state index in [4.69, 9.17) is 4.74 Å². The highest BCUT2D eigenvalue weighted by Crippen LogP contribution is 2.39. The van der Waals surface area contributed by atoms with Crippen LogP contribution in [-0.4, -0.2) is 50.8 Å². The van der Waals surface area contributed by atoms with Crippen LogP contribution in [0.4, 0.5) is 10.7 Å². The fraction of sp³-hybridized carbons (Fsp3) is 0.455. The molecule has 1 aromatic heterocycles. The van der Waals surface area contributed by atoms with E-state index in [9.17, 15) is 18.0 Å². The Bertz CT molecular complexity index is 1090. The molecule has 3 rings (SSSR count). The van der Waals surface area contributed by atoms with E-state index in [0.717, 1.165) is 29.7 Å². The minimum Gasteiger partial charge on any atom is -0.462 e. The number of hydrogen-bond donors (Lipinski definition) is 2. The Morgan fingerprint density at radius 2 is 1.88 bits per heavy atom. The lowest BCUT2D eigenvalue weighted by atomic mass is 10.1. The molecule has 0 fully saturated rings. The van der Waals surface area contributed by atoms with E-state index in [0.29, 0.717) is 16.3 Å². The van der Waals surface area contributed by atoms with Crippen molar-refractivity contribution in [3.8, 4) is 0 Å². The molecular weight excluding hydrogens is 450 g/mol. The summed E-state index contributed by atoms with van der Waals surface area (Å²) >= 11 is 1.43. The first-order valence-corrected chi connectivity index (χ1v) is 12.8. The summed E-state index contributed by atoms with van der Waals surface area (Å²) in [6, 6.07) is 6.12. The van der Waals surface area contributed by atoms with Gasteiger partial charge in [0.15, 0.2) is 0 Å². The summed E-state index contributed by atoms with van der Waals surface area (Å²) in [5.74, 6) is -0.704. The molecule has 1 aliphatic rings. The Labute approximate surface area is 193 Å². The molecule has 0 saturated carbocycles. The van der Waals surface area contributed by atoms with Gasteiger partial charge in [0.05, 0.1) is 23.6 Å². The Morgan fingerprint density at radius 3 is 2.50 bits per heavy atom. The average molecular weight is 480 g/mol. The molecule has 8 nitrogen and oxygen atoms in total. The first-order valence-electron chi connectivity index (χ1n) is 10.6. The number of hydrogen-bond acceptors (Lipinski definition) is 7. The van der Waals surface area contributed by atoms with Crippen LogP contribution in [0.15, 0.2) is 29.2 Å². The van der Waals surface area contributed by atoms with Gasteiger partial charge >= 0.3 is 5.97 Å². The van der Waals surface area contributed by atoms with Gasteiger partial charge in [0.1, 0.15) is 5.00 Å². The van der Waals surface area contributed by atoms with Crippen molar-refractivity contribution < 1.29 is 22.7 Å². The van der Waals surface area contributed by atoms with Crippen LogP contribution in [0.1, 0.15) is 48.0 Å². The maximum atomic E-state index is 12.6. The monoisotopic (exact) mass is 479 g/mol. The highest BCUT2D eigenvalue weighted by molar-refractivity contribution is 7.89. The van der Waals surface area contributed by atoms with Gasteiger partial charge < -0.3 is 15.4 Å². The molecule has 0 bridgehead atoms. The third-order valence-corrected chi connectivity index (χ3v) is 8.62. The third kappa shape index (κ3) is 5.13. The van der Waals surface area contributed by atoms with Crippen LogP contribution >= 0.6 is 11.3 Å². The standard InChI is InChI=1S/C22H29N3O5S2/c1-5-30-22(27)20-17-7-6-8-18(17)31-21(20)24-19(26)13-23-15-9-11-16(12-10-15)32(28,29)25(4)14(2)3/h9-12,14,23H,5-8,13H2,1-4H3,(H,24,26). The molecule has 1 amide bonds. The number of esters is 1. The fourth-order valence-corrected chi connectivity index (χ4v) is 6.11. The predicted octanol–water partition coefficient (Wildman–Crippen LogP) is 3.49. The normalized spacial score (nSPS) is 13.3. The van der Waals surface area contributed by atoms with Crippen LogP contribution in [0.3, 0.4) is 0 Å². The van der Waals surface area contributed by atoms with Gasteiger partial charge in [0, 0.05) is 23.7 Å². The number of amides is 1. The smallest absolute Gasteiger partial charge is 0.341 e. The molecule has 174 valence electrons. The lowest BCUT2D eigenvalue weighted by molar-refractivity contribution is -0.114. The third-order valence-electron chi connectivity index (χ3n) is 5.37. The molecule has 0 spiro atoms. The van der Waals surface area contributed by atoms with Crippen molar-refractivity contribution >= 4 is 43.9 Å². The van der Waals surface area contributed by atoms with Crippen molar-refractivity contribution in [2.45, 2.75) is 51.0 Å². The van der Waals surface area contributed by atoms with Crippen LogP contribution in [-0.2, 0) is 32.4 Å². The molecule has 2 N–H and O–H groups in total. The second-order valence-electron chi connectivity index (χ2n) is 7.82. The van der Waals surface area contributed by atoms with Crippen LogP contribution in [0, 0.1) is 0 Å². The summed E-state index contributed by atoms with van der Waals surface area (Å²) in [5, 5.41) is 6.34. The number of sulfonamides is 1. The molecule has 0 saturated heterocycles. The summed E-state index contributed by atoms with van der Waals surface area (Å²) in [4.78, 5) is 26.2. The van der Waals surface area contributed by atoms with E-state index in [-0.39, 0.29) is 30.0 Å². The topological polar surface area (TPSA) is 105 Å². The number of carbonyl (C=O) groups excluding carboxylic acids is 2. The van der Waals surface area contributed by atoms with Crippen LogP contribution in [0.5, 0.6) is 0 Å². The molecule has 2 aromatic rings. The van der Waals surface area contributed by atoms with E-state index >= 15 is 0 Å². The van der Waals surface area contributed by atoms with Crippen molar-refractivity contribution in [2.75, 3.05) is 30.8 Å². The highest BCUT2D eigenvalue weighted by atomic mass is 32.2. The van der Waals surface area contributed by atoms with Crippen molar-refractivity contribution in [2.24, 2.45) is 0 Å². The zero-order valence-electron chi connectivity index (χ0n) is 18.7. The first-order chi connectivity index (χ1) is 15.1. The molecule has 10 heteroatoms. The molecule has 0 unspecified atom stereocenters. The summed E-state index contributed by atoms with van der Waals surface area (Å²) in [6.45, 7) is 5.62. The number of thiophene rings is 1. The van der Waals surface area contributed by atoms with Crippen molar-refractivity contribution in [1.82, 2.24) is 4.31 Å². The van der Waals surface area contributed by atoms with E-state index < -0.39 is 16.0 Å². The Kier molecular flexibility index (Phi) is 7.58. The number of ether oxygens (including phenoxy) is 1. The van der Waals surface area contributed by atoms with Crippen molar-refractivity contribution in [3.05, 3.63) is 40.3 Å². The molecule has 0 atom stereocenters. The summed E-state index contributed by atoms with van der Waals surface area (Å²) in [7, 11) is -2.02. The summed E-state index contributed by atoms with van der Waals surface area (Å²) in [5.41, 5.74) is 2.08. The number of nitrogens with one attached hydrogen (secondary N) is 2. The van der Waals surface area contributed by atoms with Crippen LogP contribution in [0.25, 0.3) is 0 Å². The quantitative estimate of drug-likeness (QED) is 0.534. The minimum atomic E-state index is -3.56. The Morgan fingerprint density at radius 1 is 1.19 bits per heavy atom. The lowest BCUT2D eigenvalue weighted by Crippen LogP contribution is -2.33. The maximum Gasteiger partial charge on any atom is 0.341 e. The van der Waals surface area contributed by atoms with E-state index in [1.165, 1.54) is 27.8 Å². The van der Waals surface area contributed by atoms with Crippen molar-refractivity contribution in [1.29, 1.82) is 0 Å². The second kappa shape index (κ2) is 10.0. The number of rotatable bonds is 9. The minimum absolute atomic E-state index is 0.0250. The molecule has 0 radical (unpaired) electrons. The number of fused-ring (bicyclic) bond motifs is 1. The Balaban J connectivity index is 1.64. The second-order valence-corrected chi connectivity index (χ2v) is 10.9. The fourth-order valence-electron chi connectivity index (χ4n) is 3.45. The molecule has 1 heterocycles. The number of carbonyl (C=O) groups is 2. The molecule has 32 heavy (non-hydrogen) atoms. The lowest BCUT2D eigenvalue weighted by Gasteiger charge is -2.21. The number of benzene rings is 1. The van der Waals surface area contributed by atoms with E-state index in [2.05, 4.69) is 10.6 Å². The summed E-state index contributed by atoms with van der Waals surface area (Å²) in [6.07, 6.45) is 2.72. The molecule has 1 aromatic carbocycles. The van der Waals surface area contributed by atoms with Gasteiger partial charge in [-0.05, 0) is 69.9 Å². The maximum absolute atomic E-state index is 12.6. The number of nitrogens with zero attached hydrogens (tertiary/aromatic N) is 1. The van der Waals surface area contributed by atoms with Gasteiger partial charge in [-0.2, -0.15) is 4.31 Å². The van der Waals surface area contributed by atoms with Gasteiger partial charge in [-0.1, -0.05) is 0 Å². The van der Waals surface area contributed by atoms with Gasteiger partial charge in [-0.25, -0.2) is 13.2 Å². The molecule has 1 aliphatic carbocycles. The summed E-state index contributed by atoms with van der Waals surface area (Å²) < 4.78 is 31.6. The van der Waals surface area contributed by atoms with Gasteiger partial charge in [0.2, 0.25) is 15.9 Å². The molecule has 0 aliphatic heterocycles. The van der Waals surface area contributed by atoms with Gasteiger partial charge in [0.25, 0.3) is 0 Å². The number of anilines is 2. The highest BCUT2D eigenvalue weighted by Gasteiger charge is 2.28. The van der Waals surface area contributed by atoms with Crippen LogP contribution in [0.2, 0.25) is 0 Å². The SMILES string of the molecule is CCOC(=O)c1c(NC(=O)CNc2ccc(S(=O)(=O)N(C)C(C)C)cc2)sc2c1CCC2. The van der Waals surface area contributed by atoms with Gasteiger partial charge in [-0.15, -0.1) is 11.3 Å². The zero-order valence-corrected chi connectivity index (χ0v) is 20.4. The average Bonchev–Trinajstić information content (AvgIpc) is 3.32. The Hall–Kier alpha value is -2.43. The number of aryl methyl sites for hydroxylation is 1. The largest absolute Gasteiger partial charge is 0.462 e. The molecular formula is C22H29N3O5S2.